The molecule has 3 atom stereocenters. The van der Waals surface area contributed by atoms with Gasteiger partial charge in [0.05, 0.1) is 11.8 Å². The van der Waals surface area contributed by atoms with Crippen LogP contribution in [0.1, 0.15) is 50.7 Å². The van der Waals surface area contributed by atoms with Gasteiger partial charge in [0.25, 0.3) is 0 Å². The number of nitrogens with zero attached hydrogens (tertiary/aromatic N) is 1. The average molecular weight is 479 g/mol. The van der Waals surface area contributed by atoms with Gasteiger partial charge < -0.3 is 20.1 Å². The first-order valence-corrected chi connectivity index (χ1v) is 12.4. The lowest BCUT2D eigenvalue weighted by molar-refractivity contribution is -0.149. The van der Waals surface area contributed by atoms with Crippen LogP contribution in [0.2, 0.25) is 0 Å². The number of alkyl carbamates (subject to hydrolysis) is 1. The van der Waals surface area contributed by atoms with E-state index in [1.165, 1.54) is 0 Å². The lowest BCUT2D eigenvalue weighted by Crippen LogP contribution is -2.52. The predicted molar refractivity (Wildman–Crippen MR) is 133 cm³/mol. The number of ether oxygens (including phenoxy) is 1. The van der Waals surface area contributed by atoms with E-state index in [-0.39, 0.29) is 43.5 Å². The van der Waals surface area contributed by atoms with Gasteiger partial charge in [0, 0.05) is 25.0 Å². The lowest BCUT2D eigenvalue weighted by atomic mass is 9.89. The third kappa shape index (κ3) is 5.19. The molecule has 7 heteroatoms. The molecular formula is C28H34N2O5. The van der Waals surface area contributed by atoms with E-state index in [1.54, 1.807) is 4.90 Å². The van der Waals surface area contributed by atoms with E-state index in [9.17, 15) is 19.5 Å². The summed E-state index contributed by atoms with van der Waals surface area (Å²) in [4.78, 5) is 39.1. The molecular weight excluding hydrogens is 444 g/mol. The Balaban J connectivity index is 1.37. The van der Waals surface area contributed by atoms with Gasteiger partial charge in [-0.1, -0.05) is 62.4 Å². The van der Waals surface area contributed by atoms with Crippen LogP contribution in [-0.4, -0.2) is 53.7 Å². The van der Waals surface area contributed by atoms with Crippen molar-refractivity contribution in [2.24, 2.45) is 17.8 Å². The third-order valence-corrected chi connectivity index (χ3v) is 7.45. The molecule has 2 aliphatic rings. The van der Waals surface area contributed by atoms with E-state index in [1.807, 2.05) is 45.0 Å². The van der Waals surface area contributed by atoms with Gasteiger partial charge in [-0.3, -0.25) is 9.59 Å². The number of rotatable bonds is 7. The molecule has 1 aliphatic carbocycles. The molecule has 4 rings (SSSR count). The van der Waals surface area contributed by atoms with Gasteiger partial charge in [0.1, 0.15) is 6.61 Å². The normalized spacial score (nSPS) is 20.2. The molecule has 7 nitrogen and oxygen atoms in total. The highest BCUT2D eigenvalue weighted by Crippen LogP contribution is 2.44. The molecule has 0 spiro atoms. The Morgan fingerprint density at radius 2 is 1.63 bits per heavy atom. The molecule has 1 fully saturated rings. The first-order valence-electron chi connectivity index (χ1n) is 12.4. The van der Waals surface area contributed by atoms with E-state index in [2.05, 4.69) is 29.6 Å². The zero-order chi connectivity index (χ0) is 25.1. The predicted octanol–water partition coefficient (Wildman–Crippen LogP) is 4.51. The number of amides is 2. The van der Waals surface area contributed by atoms with Crippen LogP contribution in [0.4, 0.5) is 4.79 Å². The summed E-state index contributed by atoms with van der Waals surface area (Å²) in [5, 5.41) is 12.2. The monoisotopic (exact) mass is 478 g/mol. The molecule has 1 aliphatic heterocycles. The zero-order valence-electron chi connectivity index (χ0n) is 20.6. The van der Waals surface area contributed by atoms with Crippen LogP contribution in [-0.2, 0) is 14.3 Å². The molecule has 0 aromatic heterocycles. The second-order valence-electron chi connectivity index (χ2n) is 10.0. The number of nitrogens with one attached hydrogen (secondary N) is 1. The topological polar surface area (TPSA) is 95.9 Å². The quantitative estimate of drug-likeness (QED) is 0.611. The fraction of sp³-hybridized carbons (Fsp3) is 0.464. The first kappa shape index (κ1) is 24.8. The number of piperidine rings is 1. The Morgan fingerprint density at radius 1 is 1.03 bits per heavy atom. The molecule has 35 heavy (non-hydrogen) atoms. The summed E-state index contributed by atoms with van der Waals surface area (Å²) < 4.78 is 5.61. The molecule has 2 N–H and O–H groups in total. The van der Waals surface area contributed by atoms with Crippen molar-refractivity contribution in [3.05, 3.63) is 59.7 Å². The Bertz CT molecular complexity index is 1050. The summed E-state index contributed by atoms with van der Waals surface area (Å²) in [5.74, 6) is -2.03. The van der Waals surface area contributed by atoms with Crippen molar-refractivity contribution in [2.75, 3.05) is 19.7 Å². The highest BCUT2D eigenvalue weighted by Gasteiger charge is 2.36. The van der Waals surface area contributed by atoms with Crippen molar-refractivity contribution in [1.29, 1.82) is 0 Å². The van der Waals surface area contributed by atoms with Crippen molar-refractivity contribution < 1.29 is 24.2 Å². The standard InChI is InChI=1S/C28H34N2O5/c1-17(2)24(26(31)30-15-19(27(32)33)13-12-18(30)3)14-29-28(34)35-16-25-22-10-6-4-8-20(22)21-9-5-7-11-23(21)25/h4-11,17-19,24-25H,12-16H2,1-3H3,(H,29,34)(H,32,33). The Hall–Kier alpha value is -3.35. The maximum Gasteiger partial charge on any atom is 0.407 e. The van der Waals surface area contributed by atoms with Gasteiger partial charge in [-0.15, -0.1) is 0 Å². The second kappa shape index (κ2) is 10.5. The van der Waals surface area contributed by atoms with Crippen molar-refractivity contribution in [1.82, 2.24) is 10.2 Å². The maximum atomic E-state index is 13.3. The molecule has 1 heterocycles. The number of carboxylic acid groups (broad SMARTS) is 1. The average Bonchev–Trinajstić information content (AvgIpc) is 3.16. The minimum atomic E-state index is -0.868. The number of hydrogen-bond donors (Lipinski definition) is 2. The molecule has 186 valence electrons. The second-order valence-corrected chi connectivity index (χ2v) is 10.0. The highest BCUT2D eigenvalue weighted by atomic mass is 16.5. The fourth-order valence-electron chi connectivity index (χ4n) is 5.28. The van der Waals surface area contributed by atoms with E-state index >= 15 is 0 Å². The van der Waals surface area contributed by atoms with Gasteiger partial charge in [-0.25, -0.2) is 4.79 Å². The largest absolute Gasteiger partial charge is 0.481 e. The number of benzene rings is 2. The van der Waals surface area contributed by atoms with Crippen LogP contribution < -0.4 is 5.32 Å². The number of carbonyl (C=O) groups is 3. The Labute approximate surface area is 206 Å². The summed E-state index contributed by atoms with van der Waals surface area (Å²) >= 11 is 0. The molecule has 2 amide bonds. The summed E-state index contributed by atoms with van der Waals surface area (Å²) in [6.07, 6.45) is 0.679. The molecule has 0 saturated carbocycles. The molecule has 1 saturated heterocycles. The van der Waals surface area contributed by atoms with Gasteiger partial charge in [0.15, 0.2) is 0 Å². The highest BCUT2D eigenvalue weighted by molar-refractivity contribution is 5.82. The van der Waals surface area contributed by atoms with Gasteiger partial charge in [-0.05, 0) is 47.9 Å². The molecule has 0 bridgehead atoms. The summed E-state index contributed by atoms with van der Waals surface area (Å²) in [5.41, 5.74) is 4.61. The van der Waals surface area contributed by atoms with E-state index < -0.39 is 23.9 Å². The lowest BCUT2D eigenvalue weighted by Gasteiger charge is -2.39. The van der Waals surface area contributed by atoms with E-state index in [0.29, 0.717) is 12.8 Å². The number of carbonyl (C=O) groups excluding carboxylic acids is 2. The van der Waals surface area contributed by atoms with E-state index in [4.69, 9.17) is 4.74 Å². The van der Waals surface area contributed by atoms with Crippen molar-refractivity contribution in [3.8, 4) is 11.1 Å². The smallest absolute Gasteiger partial charge is 0.407 e. The summed E-state index contributed by atoms with van der Waals surface area (Å²) in [7, 11) is 0. The van der Waals surface area contributed by atoms with Gasteiger partial charge in [-0.2, -0.15) is 0 Å². The summed E-state index contributed by atoms with van der Waals surface area (Å²) in [6.45, 7) is 6.39. The van der Waals surface area contributed by atoms with Crippen LogP contribution in [0.5, 0.6) is 0 Å². The van der Waals surface area contributed by atoms with E-state index in [0.717, 1.165) is 22.3 Å². The summed E-state index contributed by atoms with van der Waals surface area (Å²) in [6, 6.07) is 16.3. The molecule has 3 unspecified atom stereocenters. The minimum Gasteiger partial charge on any atom is -0.481 e. The minimum absolute atomic E-state index is 0.0196. The van der Waals surface area contributed by atoms with Crippen LogP contribution >= 0.6 is 0 Å². The molecule has 0 radical (unpaired) electrons. The van der Waals surface area contributed by atoms with Crippen molar-refractivity contribution >= 4 is 18.0 Å². The van der Waals surface area contributed by atoms with Gasteiger partial charge >= 0.3 is 12.1 Å². The zero-order valence-corrected chi connectivity index (χ0v) is 20.6. The maximum absolute atomic E-state index is 13.3. The molecule has 2 aromatic rings. The fourth-order valence-corrected chi connectivity index (χ4v) is 5.28. The van der Waals surface area contributed by atoms with Crippen LogP contribution in [0.25, 0.3) is 11.1 Å². The number of likely N-dealkylation sites (tertiary alicyclic amines) is 1. The third-order valence-electron chi connectivity index (χ3n) is 7.45. The van der Waals surface area contributed by atoms with Crippen molar-refractivity contribution in [2.45, 2.75) is 45.6 Å². The molecule has 2 aromatic carbocycles. The number of aliphatic carboxylic acids is 1. The Morgan fingerprint density at radius 3 is 2.20 bits per heavy atom. The van der Waals surface area contributed by atoms with Crippen LogP contribution in [0.3, 0.4) is 0 Å². The van der Waals surface area contributed by atoms with Gasteiger partial charge in [0.2, 0.25) is 5.91 Å². The number of hydrogen-bond acceptors (Lipinski definition) is 4. The SMILES string of the molecule is CC(C)C(CNC(=O)OCC1c2ccccc2-c2ccccc21)C(=O)N1CC(C(=O)O)CCC1C. The number of fused-ring (bicyclic) bond motifs is 3. The number of carboxylic acids is 1. The van der Waals surface area contributed by atoms with Crippen LogP contribution in [0, 0.1) is 17.8 Å². The first-order chi connectivity index (χ1) is 16.8. The van der Waals surface area contributed by atoms with Crippen molar-refractivity contribution in [3.63, 3.8) is 0 Å². The van der Waals surface area contributed by atoms with Crippen LogP contribution in [0.15, 0.2) is 48.5 Å². The Kier molecular flexibility index (Phi) is 7.43.